The van der Waals surface area contributed by atoms with Gasteiger partial charge in [0.15, 0.2) is 6.61 Å². The van der Waals surface area contributed by atoms with Gasteiger partial charge in [-0.15, -0.1) is 0 Å². The van der Waals surface area contributed by atoms with Crippen molar-refractivity contribution in [2.24, 2.45) is 7.05 Å². The highest BCUT2D eigenvalue weighted by atomic mass is 16.5. The Bertz CT molecular complexity index is 1420. The van der Waals surface area contributed by atoms with Gasteiger partial charge in [-0.2, -0.15) is 0 Å². The van der Waals surface area contributed by atoms with Gasteiger partial charge in [0.05, 0.1) is 5.69 Å². The van der Waals surface area contributed by atoms with E-state index in [2.05, 4.69) is 10.6 Å². The number of nitrogens with one attached hydrogen (secondary N) is 2. The van der Waals surface area contributed by atoms with Crippen molar-refractivity contribution in [1.82, 2.24) is 9.13 Å². The molecular weight excluding hydrogens is 446 g/mol. The minimum absolute atomic E-state index is 0.0233. The second kappa shape index (κ2) is 10.1. The largest absolute Gasteiger partial charge is 0.483 e. The number of rotatable bonds is 7. The van der Waals surface area contributed by atoms with Gasteiger partial charge in [-0.3, -0.25) is 14.2 Å². The molecule has 9 nitrogen and oxygen atoms in total. The van der Waals surface area contributed by atoms with Crippen molar-refractivity contribution in [1.29, 1.82) is 0 Å². The van der Waals surface area contributed by atoms with E-state index in [0.717, 1.165) is 32.4 Å². The van der Waals surface area contributed by atoms with Crippen molar-refractivity contribution in [3.05, 3.63) is 72.9 Å². The van der Waals surface area contributed by atoms with Gasteiger partial charge < -0.3 is 21.1 Å². The summed E-state index contributed by atoms with van der Waals surface area (Å²) < 4.78 is 8.16. The summed E-state index contributed by atoms with van der Waals surface area (Å²) in [5.41, 5.74) is 10.7. The number of carbonyl (C=O) groups is 1. The van der Waals surface area contributed by atoms with Crippen molar-refractivity contribution in [3.8, 4) is 11.4 Å². The van der Waals surface area contributed by atoms with E-state index in [4.69, 9.17) is 10.5 Å². The number of carbonyl (C=O) groups excluding carboxylic acids is 1. The second-order valence-corrected chi connectivity index (χ2v) is 8.65. The van der Waals surface area contributed by atoms with E-state index in [0.29, 0.717) is 23.7 Å². The molecule has 1 aromatic heterocycles. The number of hydrogen-bond acceptors (Lipinski definition) is 6. The maximum absolute atomic E-state index is 13.2. The molecule has 3 rings (SSSR count). The lowest BCUT2D eigenvalue weighted by atomic mass is 10.0. The Labute approximate surface area is 204 Å². The summed E-state index contributed by atoms with van der Waals surface area (Å²) in [6.45, 7) is 11.5. The standard InChI is InChI=1S/C26H33N5O4/c1-8-28-24-23(29-21(32)13-35-20-12-15(3)22(27)18(6)17(20)5)25(33)30(7)26(34)31(24)19-11-9-10-14(2)16(19)4/h9-12,28H,8,13,27H2,1-7H3,(H,29,32). The number of benzene rings is 2. The summed E-state index contributed by atoms with van der Waals surface area (Å²) >= 11 is 0. The fraction of sp³-hybridized carbons (Fsp3) is 0.346. The first-order valence-electron chi connectivity index (χ1n) is 11.4. The smallest absolute Gasteiger partial charge is 0.337 e. The zero-order chi connectivity index (χ0) is 26.0. The summed E-state index contributed by atoms with van der Waals surface area (Å²) in [7, 11) is 1.39. The van der Waals surface area contributed by atoms with Crippen LogP contribution in [0.3, 0.4) is 0 Å². The minimum Gasteiger partial charge on any atom is -0.483 e. The van der Waals surface area contributed by atoms with Gasteiger partial charge in [-0.05, 0) is 81.5 Å². The number of hydrogen-bond donors (Lipinski definition) is 3. The summed E-state index contributed by atoms with van der Waals surface area (Å²) in [5, 5.41) is 5.75. The van der Waals surface area contributed by atoms with Gasteiger partial charge in [-0.1, -0.05) is 12.1 Å². The zero-order valence-corrected chi connectivity index (χ0v) is 21.3. The summed E-state index contributed by atoms with van der Waals surface area (Å²) in [4.78, 5) is 39.1. The molecule has 9 heteroatoms. The molecule has 0 spiro atoms. The monoisotopic (exact) mass is 479 g/mol. The maximum atomic E-state index is 13.2. The molecule has 0 aliphatic rings. The van der Waals surface area contributed by atoms with E-state index in [-0.39, 0.29) is 18.1 Å². The van der Waals surface area contributed by atoms with Crippen LogP contribution in [0.4, 0.5) is 17.2 Å². The number of anilines is 3. The van der Waals surface area contributed by atoms with E-state index >= 15 is 0 Å². The van der Waals surface area contributed by atoms with Gasteiger partial charge in [0, 0.05) is 19.3 Å². The van der Waals surface area contributed by atoms with Crippen LogP contribution in [0.15, 0.2) is 33.9 Å². The van der Waals surface area contributed by atoms with Gasteiger partial charge in [0.1, 0.15) is 17.3 Å². The number of aromatic nitrogens is 2. The third kappa shape index (κ3) is 4.80. The van der Waals surface area contributed by atoms with Gasteiger partial charge in [0.2, 0.25) is 0 Å². The number of amides is 1. The highest BCUT2D eigenvalue weighted by Crippen LogP contribution is 2.29. The van der Waals surface area contributed by atoms with Crippen molar-refractivity contribution >= 4 is 23.1 Å². The Hall–Kier alpha value is -4.01. The van der Waals surface area contributed by atoms with Gasteiger partial charge in [-0.25, -0.2) is 9.36 Å². The molecule has 0 radical (unpaired) electrons. The molecule has 0 aliphatic carbocycles. The van der Waals surface area contributed by atoms with Crippen LogP contribution in [-0.2, 0) is 11.8 Å². The molecule has 0 fully saturated rings. The van der Waals surface area contributed by atoms with E-state index in [1.807, 2.05) is 53.7 Å². The van der Waals surface area contributed by atoms with Gasteiger partial charge in [0.25, 0.3) is 11.5 Å². The molecule has 35 heavy (non-hydrogen) atoms. The van der Waals surface area contributed by atoms with Crippen molar-refractivity contribution in [2.75, 3.05) is 29.5 Å². The number of aryl methyl sites for hydroxylation is 2. The Morgan fingerprint density at radius 2 is 1.71 bits per heavy atom. The molecule has 3 aromatic rings. The lowest BCUT2D eigenvalue weighted by Crippen LogP contribution is -2.41. The number of nitrogens with two attached hydrogens (primary N) is 1. The topological polar surface area (TPSA) is 120 Å². The first-order chi connectivity index (χ1) is 16.5. The highest BCUT2D eigenvalue weighted by molar-refractivity contribution is 5.94. The minimum atomic E-state index is -0.615. The normalized spacial score (nSPS) is 10.8. The molecule has 186 valence electrons. The van der Waals surface area contributed by atoms with Crippen LogP contribution in [0.25, 0.3) is 5.69 Å². The van der Waals surface area contributed by atoms with Crippen LogP contribution in [0.2, 0.25) is 0 Å². The predicted octanol–water partition coefficient (Wildman–Crippen LogP) is 3.11. The van der Waals surface area contributed by atoms with Gasteiger partial charge >= 0.3 is 5.69 Å². The molecule has 0 saturated carbocycles. The average molecular weight is 480 g/mol. The summed E-state index contributed by atoms with van der Waals surface area (Å²) in [6.07, 6.45) is 0. The molecule has 4 N–H and O–H groups in total. The van der Waals surface area contributed by atoms with E-state index in [9.17, 15) is 14.4 Å². The van der Waals surface area contributed by atoms with Crippen LogP contribution in [-0.4, -0.2) is 28.2 Å². The number of nitrogens with zero attached hydrogens (tertiary/aromatic N) is 2. The SMILES string of the molecule is CCNc1c(NC(=O)COc2cc(C)c(N)c(C)c2C)c(=O)n(C)c(=O)n1-c1cccc(C)c1C. The van der Waals surface area contributed by atoms with E-state index in [1.54, 1.807) is 12.1 Å². The summed E-state index contributed by atoms with van der Waals surface area (Å²) in [6, 6.07) is 7.38. The third-order valence-corrected chi connectivity index (χ3v) is 6.35. The lowest BCUT2D eigenvalue weighted by Gasteiger charge is -2.21. The molecule has 0 atom stereocenters. The fourth-order valence-corrected chi connectivity index (χ4v) is 3.90. The summed E-state index contributed by atoms with van der Waals surface area (Å²) in [5.74, 6) is 0.237. The Balaban J connectivity index is 2.03. The van der Waals surface area contributed by atoms with Crippen molar-refractivity contribution in [3.63, 3.8) is 0 Å². The number of ether oxygens (including phenoxy) is 1. The lowest BCUT2D eigenvalue weighted by molar-refractivity contribution is -0.118. The van der Waals surface area contributed by atoms with E-state index < -0.39 is 17.2 Å². The number of nitrogen functional groups attached to an aromatic ring is 1. The fourth-order valence-electron chi connectivity index (χ4n) is 3.90. The molecule has 0 bridgehead atoms. The van der Waals surface area contributed by atoms with Crippen molar-refractivity contribution < 1.29 is 9.53 Å². The van der Waals surface area contributed by atoms with E-state index in [1.165, 1.54) is 11.6 Å². The molecule has 2 aromatic carbocycles. The Morgan fingerprint density at radius 3 is 2.37 bits per heavy atom. The van der Waals surface area contributed by atoms with Crippen LogP contribution in [0.1, 0.15) is 34.7 Å². The molecule has 1 heterocycles. The average Bonchev–Trinajstić information content (AvgIpc) is 2.83. The second-order valence-electron chi connectivity index (χ2n) is 8.65. The molecule has 0 aliphatic heterocycles. The first-order valence-corrected chi connectivity index (χ1v) is 11.4. The van der Waals surface area contributed by atoms with Crippen LogP contribution in [0, 0.1) is 34.6 Å². The quantitative estimate of drug-likeness (QED) is 0.448. The first kappa shape index (κ1) is 25.6. The van der Waals surface area contributed by atoms with Crippen LogP contribution >= 0.6 is 0 Å². The molecule has 0 unspecified atom stereocenters. The molecular formula is C26H33N5O4. The maximum Gasteiger partial charge on any atom is 0.337 e. The zero-order valence-electron chi connectivity index (χ0n) is 21.3. The van der Waals surface area contributed by atoms with Crippen LogP contribution in [0.5, 0.6) is 5.75 Å². The Kier molecular flexibility index (Phi) is 7.38. The molecule has 0 saturated heterocycles. The third-order valence-electron chi connectivity index (χ3n) is 6.35. The highest BCUT2D eigenvalue weighted by Gasteiger charge is 2.22. The predicted molar refractivity (Wildman–Crippen MR) is 140 cm³/mol. The Morgan fingerprint density at radius 1 is 1.03 bits per heavy atom. The van der Waals surface area contributed by atoms with Crippen LogP contribution < -0.4 is 32.4 Å². The molecule has 1 amide bonds. The van der Waals surface area contributed by atoms with Crippen molar-refractivity contribution in [2.45, 2.75) is 41.5 Å².